The molecule has 2 aromatic rings. The average molecular weight is 264 g/mol. The molecule has 0 fully saturated rings. The highest BCUT2D eigenvalue weighted by atomic mass is 35.5. The van der Waals surface area contributed by atoms with Crippen molar-refractivity contribution < 1.29 is 14.4 Å². The van der Waals surface area contributed by atoms with Crippen molar-refractivity contribution in [1.82, 2.24) is 0 Å². The third-order valence-corrected chi connectivity index (χ3v) is 2.73. The molecule has 6 heteroatoms. The van der Waals surface area contributed by atoms with Crippen LogP contribution in [0.3, 0.4) is 0 Å². The van der Waals surface area contributed by atoms with Crippen LogP contribution in [0.2, 0.25) is 5.02 Å². The molecule has 3 rings (SSSR count). The molecule has 0 saturated heterocycles. The van der Waals surface area contributed by atoms with E-state index in [1.165, 1.54) is 12.1 Å². The number of nitrogens with zero attached hydrogens (tertiary/aromatic N) is 1. The molecule has 1 aliphatic rings. The number of nitro benzene ring substituents is 1. The van der Waals surface area contributed by atoms with E-state index in [1.54, 1.807) is 24.3 Å². The Morgan fingerprint density at radius 2 is 1.89 bits per heavy atom. The van der Waals surface area contributed by atoms with Crippen molar-refractivity contribution in [3.63, 3.8) is 0 Å². The lowest BCUT2D eigenvalue weighted by molar-refractivity contribution is -0.385. The van der Waals surface area contributed by atoms with E-state index >= 15 is 0 Å². The van der Waals surface area contributed by atoms with Gasteiger partial charge in [-0.15, -0.1) is 0 Å². The van der Waals surface area contributed by atoms with Crippen LogP contribution in [0.25, 0.3) is 0 Å². The Morgan fingerprint density at radius 3 is 2.67 bits per heavy atom. The summed E-state index contributed by atoms with van der Waals surface area (Å²) in [5.41, 5.74) is -0.131. The lowest BCUT2D eigenvalue weighted by Crippen LogP contribution is -2.01. The van der Waals surface area contributed by atoms with Gasteiger partial charge in [0, 0.05) is 17.2 Å². The average Bonchev–Trinajstić information content (AvgIpc) is 2.35. The summed E-state index contributed by atoms with van der Waals surface area (Å²) in [6.45, 7) is 0. The van der Waals surface area contributed by atoms with Crippen LogP contribution in [0.5, 0.6) is 23.0 Å². The van der Waals surface area contributed by atoms with Crippen molar-refractivity contribution in [2.75, 3.05) is 0 Å². The van der Waals surface area contributed by atoms with Crippen molar-refractivity contribution >= 4 is 17.3 Å². The maximum absolute atomic E-state index is 10.9. The molecule has 1 heterocycles. The fraction of sp³-hybridized carbons (Fsp3) is 0. The summed E-state index contributed by atoms with van der Waals surface area (Å²) in [6, 6.07) is 9.34. The molecule has 0 N–H and O–H groups in total. The second-order valence-electron chi connectivity index (χ2n) is 3.66. The van der Waals surface area contributed by atoms with Gasteiger partial charge >= 0.3 is 5.69 Å². The van der Waals surface area contributed by atoms with Gasteiger partial charge in [0.05, 0.1) is 4.92 Å². The Labute approximate surface area is 107 Å². The quantitative estimate of drug-likeness (QED) is 0.489. The highest BCUT2D eigenvalue weighted by molar-refractivity contribution is 6.30. The normalized spacial score (nSPS) is 11.8. The van der Waals surface area contributed by atoms with E-state index in [-0.39, 0.29) is 11.4 Å². The van der Waals surface area contributed by atoms with Gasteiger partial charge in [-0.2, -0.15) is 0 Å². The van der Waals surface area contributed by atoms with E-state index in [2.05, 4.69) is 0 Å². The fourth-order valence-electron chi connectivity index (χ4n) is 1.71. The lowest BCUT2D eigenvalue weighted by Gasteiger charge is -2.20. The number of rotatable bonds is 1. The molecule has 0 aliphatic carbocycles. The predicted octanol–water partition coefficient (Wildman–Crippen LogP) is 4.15. The Balaban J connectivity index is 2.13. The Morgan fingerprint density at radius 1 is 1.06 bits per heavy atom. The highest BCUT2D eigenvalue weighted by Crippen LogP contribution is 2.49. The van der Waals surface area contributed by atoms with Crippen molar-refractivity contribution in [3.8, 4) is 23.0 Å². The first kappa shape index (κ1) is 10.9. The molecule has 0 aromatic heterocycles. The van der Waals surface area contributed by atoms with Crippen LogP contribution in [0.15, 0.2) is 36.4 Å². The van der Waals surface area contributed by atoms with Crippen molar-refractivity contribution in [3.05, 3.63) is 51.5 Å². The maximum Gasteiger partial charge on any atom is 0.315 e. The lowest BCUT2D eigenvalue weighted by atomic mass is 10.2. The van der Waals surface area contributed by atoms with Crippen molar-refractivity contribution in [1.29, 1.82) is 0 Å². The second-order valence-corrected chi connectivity index (χ2v) is 4.09. The summed E-state index contributed by atoms with van der Waals surface area (Å²) in [7, 11) is 0. The number of halogens is 1. The molecule has 18 heavy (non-hydrogen) atoms. The topological polar surface area (TPSA) is 61.6 Å². The van der Waals surface area contributed by atoms with E-state index in [1.807, 2.05) is 0 Å². The van der Waals surface area contributed by atoms with Crippen LogP contribution >= 0.6 is 11.6 Å². The van der Waals surface area contributed by atoms with Gasteiger partial charge in [0.15, 0.2) is 17.2 Å². The summed E-state index contributed by atoms with van der Waals surface area (Å²) < 4.78 is 11.0. The fourth-order valence-corrected chi connectivity index (χ4v) is 1.87. The molecule has 0 amide bonds. The number of fused-ring (bicyclic) bond motifs is 2. The highest BCUT2D eigenvalue weighted by Gasteiger charge is 2.27. The minimum atomic E-state index is -0.511. The second kappa shape index (κ2) is 3.89. The first-order valence-corrected chi connectivity index (χ1v) is 5.45. The van der Waals surface area contributed by atoms with Crippen molar-refractivity contribution in [2.24, 2.45) is 0 Å². The molecule has 1 aliphatic heterocycles. The van der Waals surface area contributed by atoms with Gasteiger partial charge in [-0.3, -0.25) is 10.1 Å². The van der Waals surface area contributed by atoms with E-state index in [0.717, 1.165) is 0 Å². The first-order chi connectivity index (χ1) is 8.65. The zero-order valence-electron chi connectivity index (χ0n) is 8.92. The molecule has 0 atom stereocenters. The number of ether oxygens (including phenoxy) is 2. The van der Waals surface area contributed by atoms with E-state index in [0.29, 0.717) is 22.3 Å². The van der Waals surface area contributed by atoms with Gasteiger partial charge in [0.2, 0.25) is 5.75 Å². The molecule has 5 nitrogen and oxygen atoms in total. The van der Waals surface area contributed by atoms with Crippen LogP contribution in [0.1, 0.15) is 0 Å². The number of hydrogen-bond donors (Lipinski definition) is 0. The monoisotopic (exact) mass is 263 g/mol. The first-order valence-electron chi connectivity index (χ1n) is 5.08. The van der Waals surface area contributed by atoms with Gasteiger partial charge in [-0.25, -0.2) is 0 Å². The van der Waals surface area contributed by atoms with Crippen LogP contribution in [0.4, 0.5) is 5.69 Å². The van der Waals surface area contributed by atoms with Crippen LogP contribution in [-0.4, -0.2) is 4.92 Å². The van der Waals surface area contributed by atoms with Crippen molar-refractivity contribution in [2.45, 2.75) is 0 Å². The third kappa shape index (κ3) is 1.65. The summed E-state index contributed by atoms with van der Waals surface area (Å²) >= 11 is 5.84. The van der Waals surface area contributed by atoms with Crippen LogP contribution in [0, 0.1) is 10.1 Å². The van der Waals surface area contributed by atoms with Gasteiger partial charge < -0.3 is 9.47 Å². The van der Waals surface area contributed by atoms with Crippen LogP contribution < -0.4 is 9.47 Å². The zero-order chi connectivity index (χ0) is 12.7. The van der Waals surface area contributed by atoms with Gasteiger partial charge in [0.25, 0.3) is 0 Å². The molecule has 0 saturated carbocycles. The molecular formula is C12H6ClNO4. The number of hydrogen-bond acceptors (Lipinski definition) is 4. The standard InChI is InChI=1S/C12H6ClNO4/c13-7-4-5-9-11(6-7)17-10-3-1-2-8(14(15)16)12(10)18-9/h1-6H. The maximum atomic E-state index is 10.9. The minimum absolute atomic E-state index is 0.109. The van der Waals surface area contributed by atoms with Crippen LogP contribution in [-0.2, 0) is 0 Å². The summed E-state index contributed by atoms with van der Waals surface area (Å²) in [5, 5.41) is 11.4. The zero-order valence-corrected chi connectivity index (χ0v) is 9.68. The number of benzene rings is 2. The largest absolute Gasteiger partial charge is 0.449 e. The predicted molar refractivity (Wildman–Crippen MR) is 64.7 cm³/mol. The van der Waals surface area contributed by atoms with Gasteiger partial charge in [-0.1, -0.05) is 17.7 Å². The summed E-state index contributed by atoms with van der Waals surface area (Å²) in [5.74, 6) is 1.26. The molecule has 90 valence electrons. The van der Waals surface area contributed by atoms with E-state index in [9.17, 15) is 10.1 Å². The molecule has 0 radical (unpaired) electrons. The van der Waals surface area contributed by atoms with E-state index in [4.69, 9.17) is 21.1 Å². The van der Waals surface area contributed by atoms with E-state index < -0.39 is 4.92 Å². The smallest absolute Gasteiger partial charge is 0.315 e. The Hall–Kier alpha value is -2.27. The number of para-hydroxylation sites is 1. The van der Waals surface area contributed by atoms with Gasteiger partial charge in [-0.05, 0) is 18.2 Å². The summed E-state index contributed by atoms with van der Waals surface area (Å²) in [4.78, 5) is 10.4. The number of nitro groups is 1. The minimum Gasteiger partial charge on any atom is -0.449 e. The molecule has 0 bridgehead atoms. The molecule has 0 unspecified atom stereocenters. The SMILES string of the molecule is O=[N+]([O-])c1cccc2c1Oc1ccc(Cl)cc1O2. The van der Waals surface area contributed by atoms with Gasteiger partial charge in [0.1, 0.15) is 0 Å². The molecular weight excluding hydrogens is 258 g/mol. The third-order valence-electron chi connectivity index (χ3n) is 2.49. The molecule has 0 spiro atoms. The Bertz CT molecular complexity index is 657. The Kier molecular flexibility index (Phi) is 2.34. The summed E-state index contributed by atoms with van der Waals surface area (Å²) in [6.07, 6.45) is 0. The molecule has 2 aromatic carbocycles.